The number of hydrogen-bond donors (Lipinski definition) is 1. The second-order valence-corrected chi connectivity index (χ2v) is 6.19. The van der Waals surface area contributed by atoms with E-state index in [2.05, 4.69) is 21.5 Å². The average Bonchev–Trinajstić information content (AvgIpc) is 2.91. The van der Waals surface area contributed by atoms with Gasteiger partial charge in [-0.1, -0.05) is 6.07 Å². The number of nitrogens with zero attached hydrogens (tertiary/aromatic N) is 4. The maximum absolute atomic E-state index is 12.3. The molecule has 132 valence electrons. The predicted octanol–water partition coefficient (Wildman–Crippen LogP) is 2.78. The zero-order chi connectivity index (χ0) is 18.8. The maximum Gasteiger partial charge on any atom is 0.262 e. The summed E-state index contributed by atoms with van der Waals surface area (Å²) >= 11 is 0. The van der Waals surface area contributed by atoms with E-state index in [9.17, 15) is 4.79 Å². The van der Waals surface area contributed by atoms with Gasteiger partial charge in [-0.15, -0.1) is 5.10 Å². The van der Waals surface area contributed by atoms with Crippen molar-refractivity contribution in [2.24, 2.45) is 7.05 Å². The molecular weight excluding hydrogens is 330 g/mol. The van der Waals surface area contributed by atoms with Gasteiger partial charge in [0.25, 0.3) is 5.91 Å². The first-order valence-corrected chi connectivity index (χ1v) is 8.13. The highest BCUT2D eigenvalue weighted by Crippen LogP contribution is 2.27. The van der Waals surface area contributed by atoms with Crippen LogP contribution < -0.4 is 10.1 Å². The van der Waals surface area contributed by atoms with Gasteiger partial charge in [0.05, 0.1) is 17.0 Å². The third kappa shape index (κ3) is 3.35. The number of nitriles is 1. The molecule has 1 N–H and O–H groups in total. The summed E-state index contributed by atoms with van der Waals surface area (Å²) in [6.45, 7) is 5.56. The molecule has 0 radical (unpaired) electrons. The molecule has 2 aromatic heterocycles. The number of rotatable bonds is 4. The van der Waals surface area contributed by atoms with E-state index in [1.165, 1.54) is 0 Å². The molecule has 0 fully saturated rings. The van der Waals surface area contributed by atoms with Crippen LogP contribution in [0.3, 0.4) is 0 Å². The van der Waals surface area contributed by atoms with E-state index in [4.69, 9.17) is 10.00 Å². The summed E-state index contributed by atoms with van der Waals surface area (Å²) in [5, 5.41) is 16.9. The molecule has 0 unspecified atom stereocenters. The maximum atomic E-state index is 12.3. The van der Waals surface area contributed by atoms with E-state index in [1.54, 1.807) is 29.9 Å². The number of benzene rings is 1. The zero-order valence-electron chi connectivity index (χ0n) is 15.1. The number of nitrogens with one attached hydrogen (secondary N) is 1. The molecule has 3 aromatic rings. The number of aromatic nitrogens is 3. The lowest BCUT2D eigenvalue weighted by Gasteiger charge is -2.09. The van der Waals surface area contributed by atoms with Crippen molar-refractivity contribution >= 4 is 22.6 Å². The molecule has 1 amide bonds. The number of carbonyl (C=O) groups is 1. The van der Waals surface area contributed by atoms with Gasteiger partial charge in [-0.25, -0.2) is 9.67 Å². The summed E-state index contributed by atoms with van der Waals surface area (Å²) in [7, 11) is 1.79. The molecule has 0 bridgehead atoms. The fourth-order valence-electron chi connectivity index (χ4n) is 2.80. The molecule has 1 aromatic carbocycles. The first-order valence-electron chi connectivity index (χ1n) is 8.13. The standard InChI is InChI=1S/C19H19N5O2/c1-11-5-6-14(9-20)8-15(11)22-16(25)10-26-19-17-12(2)7-13(3)21-18(17)24(4)23-19/h5-8H,10H2,1-4H3,(H,22,25). The SMILES string of the molecule is Cc1cc(C)c2c(OCC(=O)Nc3cc(C#N)ccc3C)nn(C)c2n1. The molecule has 0 saturated heterocycles. The minimum atomic E-state index is -0.320. The van der Waals surface area contributed by atoms with Crippen molar-refractivity contribution in [1.82, 2.24) is 14.8 Å². The molecule has 0 aliphatic rings. The topological polar surface area (TPSA) is 92.8 Å². The summed E-state index contributed by atoms with van der Waals surface area (Å²) in [6, 6.07) is 9.15. The van der Waals surface area contributed by atoms with Crippen LogP contribution in [-0.2, 0) is 11.8 Å². The summed E-state index contributed by atoms with van der Waals surface area (Å²) in [5.74, 6) is 0.0601. The lowest BCUT2D eigenvalue weighted by Crippen LogP contribution is -2.21. The fourth-order valence-corrected chi connectivity index (χ4v) is 2.80. The average molecular weight is 349 g/mol. The van der Waals surface area contributed by atoms with Gasteiger partial charge in [0.1, 0.15) is 0 Å². The Hall–Kier alpha value is -3.40. The molecule has 0 saturated carbocycles. The largest absolute Gasteiger partial charge is 0.466 e. The van der Waals surface area contributed by atoms with Gasteiger partial charge in [0.15, 0.2) is 12.3 Å². The van der Waals surface area contributed by atoms with Crippen molar-refractivity contribution in [2.45, 2.75) is 20.8 Å². The highest BCUT2D eigenvalue weighted by atomic mass is 16.5. The Morgan fingerprint density at radius 3 is 2.77 bits per heavy atom. The van der Waals surface area contributed by atoms with E-state index in [0.717, 1.165) is 27.9 Å². The van der Waals surface area contributed by atoms with Crippen LogP contribution in [0.5, 0.6) is 5.88 Å². The molecule has 26 heavy (non-hydrogen) atoms. The Kier molecular flexibility index (Phi) is 4.59. The fraction of sp³-hybridized carbons (Fsp3) is 0.263. The van der Waals surface area contributed by atoms with Gasteiger partial charge in [-0.2, -0.15) is 5.26 Å². The van der Waals surface area contributed by atoms with Gasteiger partial charge >= 0.3 is 0 Å². The van der Waals surface area contributed by atoms with Crippen molar-refractivity contribution in [3.8, 4) is 11.9 Å². The Morgan fingerprint density at radius 2 is 2.04 bits per heavy atom. The lowest BCUT2D eigenvalue weighted by molar-refractivity contribution is -0.118. The smallest absolute Gasteiger partial charge is 0.262 e. The van der Waals surface area contributed by atoms with Crippen LogP contribution >= 0.6 is 0 Å². The quantitative estimate of drug-likeness (QED) is 0.782. The number of amides is 1. The molecule has 7 nitrogen and oxygen atoms in total. The van der Waals surface area contributed by atoms with Crippen LogP contribution in [-0.4, -0.2) is 27.3 Å². The molecular formula is C19H19N5O2. The van der Waals surface area contributed by atoms with Gasteiger partial charge in [0, 0.05) is 18.4 Å². The van der Waals surface area contributed by atoms with Crippen molar-refractivity contribution in [2.75, 3.05) is 11.9 Å². The minimum Gasteiger partial charge on any atom is -0.466 e. The molecule has 0 aliphatic carbocycles. The van der Waals surface area contributed by atoms with E-state index >= 15 is 0 Å². The number of fused-ring (bicyclic) bond motifs is 1. The minimum absolute atomic E-state index is 0.185. The van der Waals surface area contributed by atoms with Gasteiger partial charge in [0.2, 0.25) is 5.88 Å². The Labute approximate surface area is 151 Å². The summed E-state index contributed by atoms with van der Waals surface area (Å²) in [5.41, 5.74) is 4.56. The van der Waals surface area contributed by atoms with Gasteiger partial charge in [-0.3, -0.25) is 4.79 Å². The summed E-state index contributed by atoms with van der Waals surface area (Å²) in [4.78, 5) is 16.7. The second-order valence-electron chi connectivity index (χ2n) is 6.19. The van der Waals surface area contributed by atoms with Crippen molar-refractivity contribution in [1.29, 1.82) is 5.26 Å². The second kappa shape index (κ2) is 6.84. The summed E-state index contributed by atoms with van der Waals surface area (Å²) in [6.07, 6.45) is 0. The number of anilines is 1. The van der Waals surface area contributed by atoms with Crippen LogP contribution in [0.1, 0.15) is 22.4 Å². The zero-order valence-corrected chi connectivity index (χ0v) is 15.1. The third-order valence-corrected chi connectivity index (χ3v) is 4.07. The lowest BCUT2D eigenvalue weighted by atomic mass is 10.1. The number of aryl methyl sites for hydroxylation is 4. The Morgan fingerprint density at radius 1 is 1.27 bits per heavy atom. The highest BCUT2D eigenvalue weighted by Gasteiger charge is 2.16. The van der Waals surface area contributed by atoms with Crippen molar-refractivity contribution in [3.63, 3.8) is 0 Å². The van der Waals surface area contributed by atoms with Crippen molar-refractivity contribution in [3.05, 3.63) is 46.6 Å². The van der Waals surface area contributed by atoms with E-state index < -0.39 is 0 Å². The molecule has 7 heteroatoms. The van der Waals surface area contributed by atoms with Crippen molar-refractivity contribution < 1.29 is 9.53 Å². The van der Waals surface area contributed by atoms with Crippen LogP contribution in [0.4, 0.5) is 5.69 Å². The third-order valence-electron chi connectivity index (χ3n) is 4.07. The number of carbonyl (C=O) groups excluding carboxylic acids is 1. The first kappa shape index (κ1) is 17.4. The number of ether oxygens (including phenoxy) is 1. The van der Waals surface area contributed by atoms with E-state index in [0.29, 0.717) is 17.1 Å². The molecule has 3 rings (SSSR count). The van der Waals surface area contributed by atoms with Crippen LogP contribution in [0.2, 0.25) is 0 Å². The highest BCUT2D eigenvalue weighted by molar-refractivity contribution is 5.93. The predicted molar refractivity (Wildman–Crippen MR) is 98.0 cm³/mol. The van der Waals surface area contributed by atoms with Gasteiger partial charge < -0.3 is 10.1 Å². The van der Waals surface area contributed by atoms with Gasteiger partial charge in [-0.05, 0) is 50.1 Å². The van der Waals surface area contributed by atoms with Crippen LogP contribution in [0, 0.1) is 32.1 Å². The molecule has 2 heterocycles. The van der Waals surface area contributed by atoms with Crippen LogP contribution in [0.15, 0.2) is 24.3 Å². The Balaban J connectivity index is 1.77. The Bertz CT molecular complexity index is 1050. The number of pyridine rings is 1. The first-order chi connectivity index (χ1) is 12.4. The normalized spacial score (nSPS) is 10.6. The molecule has 0 spiro atoms. The monoisotopic (exact) mass is 349 g/mol. The van der Waals surface area contributed by atoms with Crippen LogP contribution in [0.25, 0.3) is 11.0 Å². The summed E-state index contributed by atoms with van der Waals surface area (Å²) < 4.78 is 7.28. The van der Waals surface area contributed by atoms with E-state index in [-0.39, 0.29) is 12.5 Å². The molecule has 0 atom stereocenters. The van der Waals surface area contributed by atoms with E-state index in [1.807, 2.05) is 26.8 Å². The number of hydrogen-bond acceptors (Lipinski definition) is 5. The molecule has 0 aliphatic heterocycles.